The first-order valence-electron chi connectivity index (χ1n) is 8.01. The second kappa shape index (κ2) is 8.44. The molecule has 23 heavy (non-hydrogen) atoms. The molecule has 1 amide bonds. The van der Waals surface area contributed by atoms with Crippen molar-refractivity contribution in [2.75, 3.05) is 5.32 Å². The Kier molecular flexibility index (Phi) is 6.29. The number of carbonyl (C=O) groups is 1. The molecule has 3 nitrogen and oxygen atoms in total. The fraction of sp³-hybridized carbons (Fsp3) is 0.316. The van der Waals surface area contributed by atoms with Crippen molar-refractivity contribution in [3.8, 4) is 0 Å². The third-order valence-corrected chi connectivity index (χ3v) is 3.89. The molecule has 2 rings (SSSR count). The third kappa shape index (κ3) is 4.89. The van der Waals surface area contributed by atoms with Crippen molar-refractivity contribution < 1.29 is 9.18 Å². The summed E-state index contributed by atoms with van der Waals surface area (Å²) in [7, 11) is 0. The molecule has 0 aliphatic heterocycles. The lowest BCUT2D eigenvalue weighted by molar-refractivity contribution is -0.118. The molecule has 0 radical (unpaired) electrons. The number of rotatable bonds is 7. The zero-order chi connectivity index (χ0) is 16.7. The summed E-state index contributed by atoms with van der Waals surface area (Å²) in [5.74, 6) is -0.465. The van der Waals surface area contributed by atoms with Gasteiger partial charge in [-0.15, -0.1) is 0 Å². The van der Waals surface area contributed by atoms with E-state index in [-0.39, 0.29) is 17.8 Å². The van der Waals surface area contributed by atoms with Gasteiger partial charge in [-0.3, -0.25) is 10.1 Å². The summed E-state index contributed by atoms with van der Waals surface area (Å²) < 4.78 is 13.0. The molecule has 122 valence electrons. The average molecular weight is 314 g/mol. The van der Waals surface area contributed by atoms with Gasteiger partial charge < -0.3 is 5.32 Å². The molecule has 0 bridgehead atoms. The number of nitrogens with one attached hydrogen (secondary N) is 2. The Morgan fingerprint density at radius 2 is 1.61 bits per heavy atom. The average Bonchev–Trinajstić information content (AvgIpc) is 2.59. The van der Waals surface area contributed by atoms with E-state index in [1.54, 1.807) is 12.1 Å². The number of halogens is 1. The lowest BCUT2D eigenvalue weighted by Crippen LogP contribution is -2.39. The first-order chi connectivity index (χ1) is 11.1. The van der Waals surface area contributed by atoms with Crippen LogP contribution in [0.25, 0.3) is 0 Å². The van der Waals surface area contributed by atoms with E-state index in [0.717, 1.165) is 18.4 Å². The van der Waals surface area contributed by atoms with Crippen LogP contribution in [0.1, 0.15) is 38.3 Å². The number of hydrogen-bond acceptors (Lipinski definition) is 2. The van der Waals surface area contributed by atoms with Crippen LogP contribution >= 0.6 is 0 Å². The molecule has 0 heterocycles. The normalized spacial score (nSPS) is 12.2. The molecule has 2 aromatic carbocycles. The fourth-order valence-corrected chi connectivity index (χ4v) is 2.48. The van der Waals surface area contributed by atoms with Crippen molar-refractivity contribution in [1.82, 2.24) is 5.32 Å². The second-order valence-corrected chi connectivity index (χ2v) is 5.52. The number of amides is 1. The van der Waals surface area contributed by atoms with E-state index in [1.165, 1.54) is 12.1 Å². The first-order valence-corrected chi connectivity index (χ1v) is 8.01. The minimum atomic E-state index is -0.439. The van der Waals surface area contributed by atoms with E-state index >= 15 is 0 Å². The van der Waals surface area contributed by atoms with Gasteiger partial charge in [0.25, 0.3) is 0 Å². The van der Waals surface area contributed by atoms with Gasteiger partial charge in [0.05, 0.1) is 0 Å². The Bertz CT molecular complexity index is 609. The van der Waals surface area contributed by atoms with E-state index in [1.807, 2.05) is 30.3 Å². The Morgan fingerprint density at radius 1 is 1.00 bits per heavy atom. The van der Waals surface area contributed by atoms with E-state index in [4.69, 9.17) is 0 Å². The van der Waals surface area contributed by atoms with Crippen LogP contribution in [0.5, 0.6) is 0 Å². The molecular formula is C19H23FN2O. The van der Waals surface area contributed by atoms with Gasteiger partial charge in [0, 0.05) is 11.7 Å². The van der Waals surface area contributed by atoms with Crippen LogP contribution in [0.15, 0.2) is 54.6 Å². The Hall–Kier alpha value is -2.20. The largest absolute Gasteiger partial charge is 0.324 e. The van der Waals surface area contributed by atoms with Gasteiger partial charge >= 0.3 is 0 Å². The lowest BCUT2D eigenvalue weighted by atomic mass is 10.0. The lowest BCUT2D eigenvalue weighted by Gasteiger charge is -2.24. The van der Waals surface area contributed by atoms with Crippen LogP contribution in [0, 0.1) is 5.82 Å². The van der Waals surface area contributed by atoms with Crippen LogP contribution in [-0.4, -0.2) is 11.9 Å². The maximum Gasteiger partial charge on any atom is 0.246 e. The van der Waals surface area contributed by atoms with Crippen LogP contribution in [0.2, 0.25) is 0 Å². The third-order valence-electron chi connectivity index (χ3n) is 3.89. The molecule has 2 aromatic rings. The highest BCUT2D eigenvalue weighted by Gasteiger charge is 2.22. The van der Waals surface area contributed by atoms with Gasteiger partial charge in [-0.1, -0.05) is 44.2 Å². The molecule has 0 spiro atoms. The highest BCUT2D eigenvalue weighted by molar-refractivity contribution is 5.95. The zero-order valence-corrected chi connectivity index (χ0v) is 13.6. The van der Waals surface area contributed by atoms with E-state index in [9.17, 15) is 9.18 Å². The molecule has 0 unspecified atom stereocenters. The van der Waals surface area contributed by atoms with Crippen molar-refractivity contribution in [2.45, 2.75) is 38.8 Å². The highest BCUT2D eigenvalue weighted by atomic mass is 19.1. The Balaban J connectivity index is 2.18. The maximum absolute atomic E-state index is 13.0. The summed E-state index contributed by atoms with van der Waals surface area (Å²) >= 11 is 0. The van der Waals surface area contributed by atoms with E-state index < -0.39 is 6.04 Å². The molecule has 1 atom stereocenters. The standard InChI is InChI=1S/C19H23FN2O/c1-3-16(4-2)21-18(14-8-6-5-7-9-14)19(23)22-17-12-10-15(20)11-13-17/h5-13,16,18,21H,3-4H2,1-2H3,(H,22,23)/t18-/m1/s1. The van der Waals surface area contributed by atoms with Crippen LogP contribution < -0.4 is 10.6 Å². The van der Waals surface area contributed by atoms with Gasteiger partial charge in [-0.2, -0.15) is 0 Å². The number of anilines is 1. The molecule has 0 saturated heterocycles. The van der Waals surface area contributed by atoms with Crippen LogP contribution in [-0.2, 0) is 4.79 Å². The Labute approximate surface area is 136 Å². The van der Waals surface area contributed by atoms with Gasteiger partial charge in [-0.05, 0) is 42.7 Å². The van der Waals surface area contributed by atoms with Crippen molar-refractivity contribution in [3.63, 3.8) is 0 Å². The summed E-state index contributed by atoms with van der Waals surface area (Å²) in [6, 6.07) is 15.3. The van der Waals surface area contributed by atoms with Gasteiger partial charge in [0.15, 0.2) is 0 Å². The molecule has 2 N–H and O–H groups in total. The quantitative estimate of drug-likeness (QED) is 0.800. The molecule has 0 aliphatic carbocycles. The monoisotopic (exact) mass is 314 g/mol. The van der Waals surface area contributed by atoms with Crippen molar-refractivity contribution in [1.29, 1.82) is 0 Å². The highest BCUT2D eigenvalue weighted by Crippen LogP contribution is 2.18. The Morgan fingerprint density at radius 3 is 2.17 bits per heavy atom. The van der Waals surface area contributed by atoms with Crippen LogP contribution in [0.4, 0.5) is 10.1 Å². The molecule has 0 fully saturated rings. The smallest absolute Gasteiger partial charge is 0.246 e. The topological polar surface area (TPSA) is 41.1 Å². The van der Waals surface area contributed by atoms with Crippen molar-refractivity contribution in [3.05, 3.63) is 66.0 Å². The molecule has 0 saturated carbocycles. The summed E-state index contributed by atoms with van der Waals surface area (Å²) in [5, 5.41) is 6.27. The molecular weight excluding hydrogens is 291 g/mol. The van der Waals surface area contributed by atoms with Gasteiger partial charge in [0.2, 0.25) is 5.91 Å². The summed E-state index contributed by atoms with van der Waals surface area (Å²) in [5.41, 5.74) is 1.50. The van der Waals surface area contributed by atoms with Gasteiger partial charge in [0.1, 0.15) is 11.9 Å². The van der Waals surface area contributed by atoms with Gasteiger partial charge in [-0.25, -0.2) is 4.39 Å². The molecule has 4 heteroatoms. The van der Waals surface area contributed by atoms with Crippen LogP contribution in [0.3, 0.4) is 0 Å². The van der Waals surface area contributed by atoms with Crippen molar-refractivity contribution >= 4 is 11.6 Å². The predicted molar refractivity (Wildman–Crippen MR) is 91.7 cm³/mol. The number of benzene rings is 2. The van der Waals surface area contributed by atoms with E-state index in [0.29, 0.717) is 5.69 Å². The molecule has 0 aromatic heterocycles. The summed E-state index contributed by atoms with van der Waals surface area (Å²) in [6.07, 6.45) is 1.90. The summed E-state index contributed by atoms with van der Waals surface area (Å²) in [4.78, 5) is 12.7. The SMILES string of the molecule is CCC(CC)N[C@@H](C(=O)Nc1ccc(F)cc1)c1ccccc1. The molecule has 0 aliphatic rings. The van der Waals surface area contributed by atoms with Crippen molar-refractivity contribution in [2.24, 2.45) is 0 Å². The zero-order valence-electron chi connectivity index (χ0n) is 13.6. The van der Waals surface area contributed by atoms with E-state index in [2.05, 4.69) is 24.5 Å². The maximum atomic E-state index is 13.0. The fourth-order valence-electron chi connectivity index (χ4n) is 2.48. The second-order valence-electron chi connectivity index (χ2n) is 5.52. The minimum absolute atomic E-state index is 0.144. The first kappa shape index (κ1) is 17.2. The number of carbonyl (C=O) groups excluding carboxylic acids is 1. The number of hydrogen-bond donors (Lipinski definition) is 2. The minimum Gasteiger partial charge on any atom is -0.324 e. The summed E-state index contributed by atoms with van der Waals surface area (Å²) in [6.45, 7) is 4.20. The predicted octanol–water partition coefficient (Wildman–Crippen LogP) is 4.28.